The molecule has 3 heterocycles. The molecule has 16 heteroatoms. The minimum absolute atomic E-state index is 0.0371. The molecule has 2 aromatic heterocycles. The quantitative estimate of drug-likeness (QED) is 0.0752. The van der Waals surface area contributed by atoms with Crippen molar-refractivity contribution in [3.8, 4) is 11.1 Å². The summed E-state index contributed by atoms with van der Waals surface area (Å²) in [5.74, 6) is -2.26. The van der Waals surface area contributed by atoms with Crippen LogP contribution < -0.4 is 10.6 Å². The maximum atomic E-state index is 12.7. The fraction of sp³-hybridized carbons (Fsp3) is 0.500. The molecule has 50 heavy (non-hydrogen) atoms. The minimum atomic E-state index is -1.57. The molecule has 1 aliphatic rings. The third-order valence-electron chi connectivity index (χ3n) is 8.45. The van der Waals surface area contributed by atoms with Gasteiger partial charge in [0.25, 0.3) is 5.91 Å². The molecule has 0 saturated carbocycles. The molecule has 1 aromatic carbocycles. The van der Waals surface area contributed by atoms with Crippen LogP contribution in [0.2, 0.25) is 0 Å². The highest BCUT2D eigenvalue weighted by atomic mass is 16.5. The fourth-order valence-corrected chi connectivity index (χ4v) is 5.79. The highest BCUT2D eigenvalue weighted by Crippen LogP contribution is 2.23. The van der Waals surface area contributed by atoms with E-state index in [1.54, 1.807) is 33.2 Å². The molecule has 7 N–H and O–H groups in total. The van der Waals surface area contributed by atoms with Gasteiger partial charge in [-0.05, 0) is 42.8 Å². The largest absolute Gasteiger partial charge is 0.480 e. The second-order valence-electron chi connectivity index (χ2n) is 12.3. The number of carbonyl (C=O) groups excluding carboxylic acids is 1. The Morgan fingerprint density at radius 1 is 0.720 bits per heavy atom. The van der Waals surface area contributed by atoms with Gasteiger partial charge in [0, 0.05) is 95.3 Å². The molecule has 272 valence electrons. The normalized spacial score (nSPS) is 16.9. The molecule has 1 amide bonds. The second-order valence-corrected chi connectivity index (χ2v) is 12.3. The van der Waals surface area contributed by atoms with Crippen LogP contribution in [-0.2, 0) is 9.59 Å². The smallest absolute Gasteiger partial charge is 0.317 e. The average molecular weight is 697 g/mol. The molecule has 0 aliphatic carbocycles. The summed E-state index contributed by atoms with van der Waals surface area (Å²) < 4.78 is 0. The zero-order chi connectivity index (χ0) is 35.9. The van der Waals surface area contributed by atoms with Crippen molar-refractivity contribution < 1.29 is 39.9 Å². The van der Waals surface area contributed by atoms with Crippen LogP contribution >= 0.6 is 0 Å². The van der Waals surface area contributed by atoms with E-state index >= 15 is 0 Å². The van der Waals surface area contributed by atoms with Gasteiger partial charge in [0.15, 0.2) is 6.29 Å². The van der Waals surface area contributed by atoms with Gasteiger partial charge in [-0.15, -0.1) is 0 Å². The van der Waals surface area contributed by atoms with Crippen LogP contribution in [0.4, 0.5) is 0 Å². The number of aliphatic hydroxyl groups is 3. The number of carboxylic acid groups (broad SMARTS) is 2. The molecule has 4 rings (SSSR count). The Morgan fingerprint density at radius 2 is 1.32 bits per heavy atom. The summed E-state index contributed by atoms with van der Waals surface area (Å²) in [5.41, 5.74) is 3.06. The lowest BCUT2D eigenvalue weighted by molar-refractivity contribution is -0.139. The van der Waals surface area contributed by atoms with Crippen LogP contribution in [0.25, 0.3) is 22.0 Å². The topological polar surface area (TPSA) is 215 Å². The van der Waals surface area contributed by atoms with Gasteiger partial charge < -0.3 is 30.8 Å². The van der Waals surface area contributed by atoms with Crippen molar-refractivity contribution in [3.63, 3.8) is 0 Å². The Balaban J connectivity index is 1.23. The van der Waals surface area contributed by atoms with E-state index in [0.717, 1.165) is 22.0 Å². The molecule has 1 unspecified atom stereocenters. The molecule has 1 fully saturated rings. The Labute approximate surface area is 290 Å². The maximum Gasteiger partial charge on any atom is 0.317 e. The molecule has 3 aromatic rings. The van der Waals surface area contributed by atoms with E-state index in [9.17, 15) is 39.9 Å². The van der Waals surface area contributed by atoms with Gasteiger partial charge in [-0.2, -0.15) is 0 Å². The van der Waals surface area contributed by atoms with E-state index in [1.165, 1.54) is 0 Å². The number of amides is 1. The average Bonchev–Trinajstić information content (AvgIpc) is 3.08. The van der Waals surface area contributed by atoms with Crippen molar-refractivity contribution in [2.75, 3.05) is 91.6 Å². The van der Waals surface area contributed by atoms with Crippen LogP contribution in [0, 0.1) is 0 Å². The molecule has 1 atom stereocenters. The molecular weight excluding hydrogens is 648 g/mol. The summed E-state index contributed by atoms with van der Waals surface area (Å²) >= 11 is 0. The van der Waals surface area contributed by atoms with Gasteiger partial charge in [-0.3, -0.25) is 49.3 Å². The minimum Gasteiger partial charge on any atom is -0.480 e. The summed E-state index contributed by atoms with van der Waals surface area (Å²) in [6.45, 7) is 3.67. The van der Waals surface area contributed by atoms with E-state index in [-0.39, 0.29) is 32.1 Å². The first-order valence-corrected chi connectivity index (χ1v) is 16.8. The maximum absolute atomic E-state index is 12.7. The number of aliphatic hydroxyl groups excluding tert-OH is 2. The Hall–Kier alpha value is -4.13. The number of pyridine rings is 2. The summed E-state index contributed by atoms with van der Waals surface area (Å²) in [5, 5.41) is 55.5. The lowest BCUT2D eigenvalue weighted by Crippen LogP contribution is -2.50. The number of carbonyl (C=O) groups is 3. The number of nitrogens with zero attached hydrogens (tertiary/aromatic N) is 6. The number of benzene rings is 1. The first-order valence-electron chi connectivity index (χ1n) is 16.8. The van der Waals surface area contributed by atoms with E-state index in [1.807, 2.05) is 41.3 Å². The monoisotopic (exact) mass is 696 g/mol. The lowest BCUT2D eigenvalue weighted by Gasteiger charge is -2.34. The van der Waals surface area contributed by atoms with Gasteiger partial charge in [0.05, 0.1) is 18.6 Å². The van der Waals surface area contributed by atoms with Crippen LogP contribution in [0.5, 0.6) is 0 Å². The van der Waals surface area contributed by atoms with Gasteiger partial charge >= 0.3 is 11.9 Å². The standard InChI is InChI=1S/C34H48N8O8/c43-30(21-39-11-13-40(22-31(44)45)15-17-42(24-33(48)49)18-16-41(14-12-39)23-32(46)47)36-9-2-10-37-34(50)29-7-5-27(20-38-29)25-4-6-28-26(19-25)3-1-8-35-28/h1,3-8,19-20,30,33,36,43,48-49H,2,9-18,21-24H2,(H,37,50)(H,44,45)(H,46,47). The summed E-state index contributed by atoms with van der Waals surface area (Å²) in [7, 11) is 0. The number of aliphatic carboxylic acids is 2. The van der Waals surface area contributed by atoms with Gasteiger partial charge in [-0.1, -0.05) is 18.2 Å². The Kier molecular flexibility index (Phi) is 15.4. The van der Waals surface area contributed by atoms with E-state index in [0.29, 0.717) is 77.6 Å². The van der Waals surface area contributed by atoms with E-state index < -0.39 is 24.5 Å². The van der Waals surface area contributed by atoms with Crippen LogP contribution in [0.15, 0.2) is 54.9 Å². The molecule has 0 bridgehead atoms. The SMILES string of the molecule is O=C(O)CN1CCN(CC(O)O)CCN(CC(=O)O)CCN(CC(O)NCCCNC(=O)c2ccc(-c3ccc4ncccc4c3)cn2)CC1. The fourth-order valence-electron chi connectivity index (χ4n) is 5.79. The van der Waals surface area contributed by atoms with E-state index in [2.05, 4.69) is 20.6 Å². The highest BCUT2D eigenvalue weighted by molar-refractivity contribution is 5.92. The Bertz CT molecular complexity index is 1500. The van der Waals surface area contributed by atoms with Crippen molar-refractivity contribution in [1.29, 1.82) is 0 Å². The van der Waals surface area contributed by atoms with Gasteiger partial charge in [-0.25, -0.2) is 0 Å². The van der Waals surface area contributed by atoms with Crippen LogP contribution in [-0.4, -0.2) is 177 Å². The number of hydrogen-bond acceptors (Lipinski definition) is 13. The van der Waals surface area contributed by atoms with E-state index in [4.69, 9.17) is 0 Å². The van der Waals surface area contributed by atoms with Crippen molar-refractivity contribution in [2.45, 2.75) is 18.9 Å². The third kappa shape index (κ3) is 13.3. The number of rotatable bonds is 15. The van der Waals surface area contributed by atoms with Crippen molar-refractivity contribution in [2.24, 2.45) is 0 Å². The van der Waals surface area contributed by atoms with Gasteiger partial charge in [0.2, 0.25) is 0 Å². The molecular formula is C34H48N8O8. The first-order chi connectivity index (χ1) is 24.0. The van der Waals surface area contributed by atoms with Crippen molar-refractivity contribution in [3.05, 3.63) is 60.6 Å². The van der Waals surface area contributed by atoms with Crippen molar-refractivity contribution in [1.82, 2.24) is 40.2 Å². The molecule has 16 nitrogen and oxygen atoms in total. The number of hydrogen-bond donors (Lipinski definition) is 7. The number of carboxylic acids is 2. The van der Waals surface area contributed by atoms with Crippen molar-refractivity contribution >= 4 is 28.7 Å². The summed E-state index contributed by atoms with van der Waals surface area (Å²) in [6.07, 6.45) is 1.48. The highest BCUT2D eigenvalue weighted by Gasteiger charge is 2.21. The molecule has 1 saturated heterocycles. The molecule has 0 spiro atoms. The Morgan fingerprint density at radius 3 is 1.90 bits per heavy atom. The third-order valence-corrected chi connectivity index (χ3v) is 8.45. The summed E-state index contributed by atoms with van der Waals surface area (Å²) in [6, 6.07) is 13.4. The van der Waals surface area contributed by atoms with Gasteiger partial charge in [0.1, 0.15) is 11.9 Å². The predicted molar refractivity (Wildman–Crippen MR) is 185 cm³/mol. The van der Waals surface area contributed by atoms with Crippen LogP contribution in [0.3, 0.4) is 0 Å². The zero-order valence-corrected chi connectivity index (χ0v) is 28.1. The number of fused-ring (bicyclic) bond motifs is 1. The molecule has 1 aliphatic heterocycles. The number of aromatic nitrogens is 2. The lowest BCUT2D eigenvalue weighted by atomic mass is 10.0. The first kappa shape index (κ1) is 38.7. The molecule has 0 radical (unpaired) electrons. The second kappa shape index (κ2) is 19.9. The number of nitrogens with one attached hydrogen (secondary N) is 2. The summed E-state index contributed by atoms with van der Waals surface area (Å²) in [4.78, 5) is 51.6. The van der Waals surface area contributed by atoms with Crippen LogP contribution in [0.1, 0.15) is 16.9 Å². The zero-order valence-electron chi connectivity index (χ0n) is 28.1. The number of β-amino-alcohol motifs (C(OH)–C–C–N with tert-alkyl or cyclic N) is 3. The predicted octanol–water partition coefficient (Wildman–Crippen LogP) is -0.974.